The second-order valence-corrected chi connectivity index (χ2v) is 4.44. The van der Waals surface area contributed by atoms with Gasteiger partial charge in [-0.3, -0.25) is 9.59 Å². The number of hydrogen-bond donors (Lipinski definition) is 2. The number of rotatable bonds is 5. The molecule has 6 heteroatoms. The second-order valence-electron chi connectivity index (χ2n) is 4.44. The van der Waals surface area contributed by atoms with Gasteiger partial charge in [0.05, 0.1) is 17.8 Å². The number of hydrogen-bond acceptors (Lipinski definition) is 4. The van der Waals surface area contributed by atoms with Crippen LogP contribution in [0, 0.1) is 0 Å². The zero-order valence-corrected chi connectivity index (χ0v) is 11.5. The van der Waals surface area contributed by atoms with Gasteiger partial charge in [0.25, 0.3) is 5.91 Å². The Hall–Kier alpha value is -2.24. The number of nitrogens with zero attached hydrogens (tertiary/aromatic N) is 2. The Balaban J connectivity index is 3.13. The van der Waals surface area contributed by atoms with Crippen LogP contribution in [0.25, 0.3) is 0 Å². The maximum absolute atomic E-state index is 11.8. The normalized spacial score (nSPS) is 10.1. The van der Waals surface area contributed by atoms with E-state index in [2.05, 4.69) is 0 Å². The minimum atomic E-state index is -0.536. The van der Waals surface area contributed by atoms with E-state index in [1.165, 1.54) is 4.90 Å². The van der Waals surface area contributed by atoms with Crippen molar-refractivity contribution in [3.63, 3.8) is 0 Å². The number of benzene rings is 1. The van der Waals surface area contributed by atoms with Gasteiger partial charge >= 0.3 is 0 Å². The molecule has 4 N–H and O–H groups in total. The predicted molar refractivity (Wildman–Crippen MR) is 76.0 cm³/mol. The van der Waals surface area contributed by atoms with E-state index in [0.717, 1.165) is 0 Å². The Morgan fingerprint density at radius 1 is 1.26 bits per heavy atom. The standard InChI is InChI=1S/C13H20N4O2/c1-4-17(8-12(18)16(2)3)11-7-9(14)5-6-10(11)13(15)19/h5-7H,4,8,14H2,1-3H3,(H2,15,19). The van der Waals surface area contributed by atoms with Crippen LogP contribution in [0.3, 0.4) is 0 Å². The van der Waals surface area contributed by atoms with Crippen molar-refractivity contribution < 1.29 is 9.59 Å². The molecule has 104 valence electrons. The summed E-state index contributed by atoms with van der Waals surface area (Å²) in [5.74, 6) is -0.592. The number of likely N-dealkylation sites (N-methyl/N-ethyl adjacent to an activating group) is 2. The summed E-state index contributed by atoms with van der Waals surface area (Å²) >= 11 is 0. The molecule has 6 nitrogen and oxygen atoms in total. The van der Waals surface area contributed by atoms with Gasteiger partial charge in [0.1, 0.15) is 0 Å². The van der Waals surface area contributed by atoms with Crippen molar-refractivity contribution in [2.24, 2.45) is 5.73 Å². The molecule has 0 aliphatic heterocycles. The molecule has 0 spiro atoms. The molecule has 0 bridgehead atoms. The van der Waals surface area contributed by atoms with E-state index in [4.69, 9.17) is 11.5 Å². The lowest BCUT2D eigenvalue weighted by molar-refractivity contribution is -0.127. The summed E-state index contributed by atoms with van der Waals surface area (Å²) < 4.78 is 0. The quantitative estimate of drug-likeness (QED) is 0.747. The monoisotopic (exact) mass is 264 g/mol. The lowest BCUT2D eigenvalue weighted by Gasteiger charge is -2.26. The molecule has 0 saturated heterocycles. The van der Waals surface area contributed by atoms with E-state index in [1.807, 2.05) is 6.92 Å². The molecule has 0 aliphatic carbocycles. The van der Waals surface area contributed by atoms with E-state index in [1.54, 1.807) is 37.2 Å². The van der Waals surface area contributed by atoms with Crippen molar-refractivity contribution in [2.75, 3.05) is 37.8 Å². The molecule has 1 aromatic carbocycles. The van der Waals surface area contributed by atoms with Gasteiger partial charge in [0, 0.05) is 26.3 Å². The van der Waals surface area contributed by atoms with E-state index < -0.39 is 5.91 Å². The third kappa shape index (κ3) is 3.61. The highest BCUT2D eigenvalue weighted by Crippen LogP contribution is 2.23. The molecule has 2 amide bonds. The van der Waals surface area contributed by atoms with Gasteiger partial charge in [-0.15, -0.1) is 0 Å². The van der Waals surface area contributed by atoms with Crippen molar-refractivity contribution in [3.05, 3.63) is 23.8 Å². The van der Waals surface area contributed by atoms with Crippen LogP contribution in [0.2, 0.25) is 0 Å². The van der Waals surface area contributed by atoms with Crippen LogP contribution in [0.15, 0.2) is 18.2 Å². The average molecular weight is 264 g/mol. The maximum atomic E-state index is 11.8. The molecule has 0 aromatic heterocycles. The highest BCUT2D eigenvalue weighted by molar-refractivity contribution is 6.00. The van der Waals surface area contributed by atoms with Crippen molar-refractivity contribution in [2.45, 2.75) is 6.92 Å². The molecule has 0 aliphatic rings. The van der Waals surface area contributed by atoms with Crippen LogP contribution in [0.1, 0.15) is 17.3 Å². The van der Waals surface area contributed by atoms with Gasteiger partial charge in [-0.25, -0.2) is 0 Å². The molecule has 0 heterocycles. The zero-order chi connectivity index (χ0) is 14.6. The SMILES string of the molecule is CCN(CC(=O)N(C)C)c1cc(N)ccc1C(N)=O. The van der Waals surface area contributed by atoms with E-state index in [-0.39, 0.29) is 12.5 Å². The first-order chi connectivity index (χ1) is 8.86. The fourth-order valence-corrected chi connectivity index (χ4v) is 1.69. The fraction of sp³-hybridized carbons (Fsp3) is 0.385. The highest BCUT2D eigenvalue weighted by Gasteiger charge is 2.17. The lowest BCUT2D eigenvalue weighted by atomic mass is 10.1. The molecular formula is C13H20N4O2. The average Bonchev–Trinajstić information content (AvgIpc) is 2.34. The smallest absolute Gasteiger partial charge is 0.250 e. The number of primary amides is 1. The molecule has 0 fully saturated rings. The summed E-state index contributed by atoms with van der Waals surface area (Å²) in [4.78, 5) is 26.5. The first-order valence-electron chi connectivity index (χ1n) is 6.01. The molecule has 0 radical (unpaired) electrons. The Labute approximate surface area is 113 Å². The van der Waals surface area contributed by atoms with Crippen LogP contribution in [-0.4, -0.2) is 43.9 Å². The van der Waals surface area contributed by atoms with Crippen LogP contribution < -0.4 is 16.4 Å². The van der Waals surface area contributed by atoms with Gasteiger partial charge in [-0.1, -0.05) is 0 Å². The van der Waals surface area contributed by atoms with Crippen molar-refractivity contribution >= 4 is 23.2 Å². The number of nitrogen functional groups attached to an aromatic ring is 1. The van der Waals surface area contributed by atoms with Crippen LogP contribution in [-0.2, 0) is 4.79 Å². The van der Waals surface area contributed by atoms with E-state index in [0.29, 0.717) is 23.5 Å². The fourth-order valence-electron chi connectivity index (χ4n) is 1.69. The topological polar surface area (TPSA) is 92.7 Å². The van der Waals surface area contributed by atoms with Gasteiger partial charge in [-0.2, -0.15) is 0 Å². The van der Waals surface area contributed by atoms with Gasteiger partial charge < -0.3 is 21.3 Å². The van der Waals surface area contributed by atoms with Crippen LogP contribution >= 0.6 is 0 Å². The summed E-state index contributed by atoms with van der Waals surface area (Å²) in [5, 5.41) is 0. The van der Waals surface area contributed by atoms with Crippen molar-refractivity contribution in [1.82, 2.24) is 4.90 Å². The summed E-state index contributed by atoms with van der Waals surface area (Å²) in [5.41, 5.74) is 12.6. The third-order valence-electron chi connectivity index (χ3n) is 2.83. The minimum absolute atomic E-state index is 0.0558. The second kappa shape index (κ2) is 6.08. The largest absolute Gasteiger partial charge is 0.399 e. The van der Waals surface area contributed by atoms with Crippen molar-refractivity contribution in [3.8, 4) is 0 Å². The Bertz CT molecular complexity index is 486. The zero-order valence-electron chi connectivity index (χ0n) is 11.5. The highest BCUT2D eigenvalue weighted by atomic mass is 16.2. The Morgan fingerprint density at radius 2 is 1.89 bits per heavy atom. The van der Waals surface area contributed by atoms with Gasteiger partial charge in [-0.05, 0) is 25.1 Å². The molecule has 19 heavy (non-hydrogen) atoms. The third-order valence-corrected chi connectivity index (χ3v) is 2.83. The number of carbonyl (C=O) groups excluding carboxylic acids is 2. The van der Waals surface area contributed by atoms with Crippen molar-refractivity contribution in [1.29, 1.82) is 0 Å². The molecular weight excluding hydrogens is 244 g/mol. The minimum Gasteiger partial charge on any atom is -0.399 e. The number of nitrogens with two attached hydrogens (primary N) is 2. The summed E-state index contributed by atoms with van der Waals surface area (Å²) in [6.07, 6.45) is 0. The summed E-state index contributed by atoms with van der Waals surface area (Å²) in [7, 11) is 3.37. The van der Waals surface area contributed by atoms with Gasteiger partial charge in [0.2, 0.25) is 5.91 Å². The molecule has 0 atom stereocenters. The summed E-state index contributed by atoms with van der Waals surface area (Å²) in [6.45, 7) is 2.65. The van der Waals surface area contributed by atoms with Crippen LogP contribution in [0.4, 0.5) is 11.4 Å². The Morgan fingerprint density at radius 3 is 2.37 bits per heavy atom. The number of anilines is 2. The van der Waals surface area contributed by atoms with E-state index >= 15 is 0 Å². The molecule has 1 rings (SSSR count). The molecule has 0 unspecified atom stereocenters. The predicted octanol–water partition coefficient (Wildman–Crippen LogP) is 0.282. The molecule has 0 saturated carbocycles. The van der Waals surface area contributed by atoms with E-state index in [9.17, 15) is 9.59 Å². The van der Waals surface area contributed by atoms with Crippen LogP contribution in [0.5, 0.6) is 0 Å². The molecule has 1 aromatic rings. The number of amides is 2. The first kappa shape index (κ1) is 14.8. The first-order valence-corrected chi connectivity index (χ1v) is 6.01. The number of carbonyl (C=O) groups is 2. The maximum Gasteiger partial charge on any atom is 0.250 e. The lowest BCUT2D eigenvalue weighted by Crippen LogP contribution is -2.37. The summed E-state index contributed by atoms with van der Waals surface area (Å²) in [6, 6.07) is 4.85. The Kier molecular flexibility index (Phi) is 4.74. The van der Waals surface area contributed by atoms with Gasteiger partial charge in [0.15, 0.2) is 0 Å².